The molecule has 0 bridgehead atoms. The molecule has 9 atom stereocenters. The maximum absolute atomic E-state index is 12.3. The third-order valence-corrected chi connectivity index (χ3v) is 6.22. The van der Waals surface area contributed by atoms with Gasteiger partial charge in [-0.05, 0) is 13.8 Å². The van der Waals surface area contributed by atoms with E-state index >= 15 is 0 Å². The van der Waals surface area contributed by atoms with Crippen molar-refractivity contribution >= 4 is 11.9 Å². The Hall–Kier alpha value is -2.67. The molecule has 3 rings (SSSR count). The van der Waals surface area contributed by atoms with E-state index < -0.39 is 104 Å². The van der Waals surface area contributed by atoms with Crippen LogP contribution in [0.1, 0.15) is 25.5 Å². The van der Waals surface area contributed by atoms with Gasteiger partial charge >= 0.3 is 11.9 Å². The van der Waals surface area contributed by atoms with Crippen molar-refractivity contribution in [2.45, 2.75) is 81.0 Å². The molecule has 16 heteroatoms. The monoisotopic (exact) mass is 564 g/mol. The summed E-state index contributed by atoms with van der Waals surface area (Å²) in [5.74, 6) is -2.71. The summed E-state index contributed by atoms with van der Waals surface area (Å²) in [6, 6.07) is 1.04. The summed E-state index contributed by atoms with van der Waals surface area (Å²) in [6.45, 7) is 0.418. The number of ether oxygens (including phenoxy) is 5. The molecule has 3 heterocycles. The molecular formula is C23H32O16. The summed E-state index contributed by atoms with van der Waals surface area (Å²) in [5, 5.41) is 70.3. The lowest BCUT2D eigenvalue weighted by Gasteiger charge is -2.42. The largest absolute Gasteiger partial charge is 0.481 e. The lowest BCUT2D eigenvalue weighted by molar-refractivity contribution is -0.319. The van der Waals surface area contributed by atoms with E-state index in [0.29, 0.717) is 0 Å². The van der Waals surface area contributed by atoms with Crippen LogP contribution in [-0.2, 0) is 28.5 Å². The zero-order valence-electron chi connectivity index (χ0n) is 21.0. The Morgan fingerprint density at radius 2 is 1.87 bits per heavy atom. The molecule has 2 saturated heterocycles. The van der Waals surface area contributed by atoms with Crippen molar-refractivity contribution in [3.8, 4) is 5.75 Å². The first-order chi connectivity index (χ1) is 18.2. The number of carbonyl (C=O) groups excluding carboxylic acids is 1. The Morgan fingerprint density at radius 1 is 1.18 bits per heavy atom. The summed E-state index contributed by atoms with van der Waals surface area (Å²) >= 11 is 0. The maximum atomic E-state index is 12.3. The summed E-state index contributed by atoms with van der Waals surface area (Å²) in [7, 11) is 0. The van der Waals surface area contributed by atoms with Crippen LogP contribution >= 0.6 is 0 Å². The quantitative estimate of drug-likeness (QED) is 0.130. The molecule has 7 N–H and O–H groups in total. The zero-order chi connectivity index (χ0) is 29.1. The van der Waals surface area contributed by atoms with Crippen LogP contribution in [0.2, 0.25) is 0 Å². The Kier molecular flexibility index (Phi) is 9.69. The molecule has 0 radical (unpaired) electrons. The number of aliphatic hydroxyl groups is 6. The molecule has 2 aliphatic heterocycles. The van der Waals surface area contributed by atoms with Gasteiger partial charge in [0.15, 0.2) is 12.4 Å². The zero-order valence-corrected chi connectivity index (χ0v) is 21.0. The SMILES string of the molecule is Cc1occc(=O)c1O[C@@H]1O[C@H](COC(=O)CC(C)(O)CC(=O)O)[C@@H](O)[C@H](O)[C@H]1O[C@@H]1OC[C@](O)(CO)[C@H]1O. The Labute approximate surface area is 220 Å². The fourth-order valence-corrected chi connectivity index (χ4v) is 4.03. The van der Waals surface area contributed by atoms with E-state index in [-0.39, 0.29) is 11.5 Å². The fourth-order valence-electron chi connectivity index (χ4n) is 4.03. The topological polar surface area (TPSA) is 252 Å². The molecule has 0 amide bonds. The number of hydrogen-bond acceptors (Lipinski definition) is 15. The number of carboxylic acids is 1. The van der Waals surface area contributed by atoms with Crippen molar-refractivity contribution in [3.05, 3.63) is 28.3 Å². The minimum atomic E-state index is -2.07. The minimum Gasteiger partial charge on any atom is -0.481 e. The highest BCUT2D eigenvalue weighted by Crippen LogP contribution is 2.32. The summed E-state index contributed by atoms with van der Waals surface area (Å²) in [6.07, 6.45) is -12.2. The van der Waals surface area contributed by atoms with Crippen LogP contribution in [0.5, 0.6) is 5.75 Å². The maximum Gasteiger partial charge on any atom is 0.308 e. The second-order valence-electron chi connectivity index (χ2n) is 9.73. The van der Waals surface area contributed by atoms with E-state index in [1.54, 1.807) is 0 Å². The molecule has 0 aromatic carbocycles. The van der Waals surface area contributed by atoms with Crippen molar-refractivity contribution in [3.63, 3.8) is 0 Å². The highest BCUT2D eigenvalue weighted by Gasteiger charge is 2.54. The highest BCUT2D eigenvalue weighted by atomic mass is 16.8. The lowest BCUT2D eigenvalue weighted by atomic mass is 9.97. The Bertz CT molecular complexity index is 1070. The summed E-state index contributed by atoms with van der Waals surface area (Å²) < 4.78 is 32.1. The van der Waals surface area contributed by atoms with Gasteiger partial charge in [0.2, 0.25) is 17.5 Å². The molecule has 2 aliphatic rings. The second kappa shape index (κ2) is 12.2. The van der Waals surface area contributed by atoms with Crippen LogP contribution in [0.4, 0.5) is 0 Å². The van der Waals surface area contributed by atoms with Crippen LogP contribution in [0.25, 0.3) is 0 Å². The minimum absolute atomic E-state index is 0.0147. The Morgan fingerprint density at radius 3 is 2.46 bits per heavy atom. The average molecular weight is 564 g/mol. The molecular weight excluding hydrogens is 532 g/mol. The standard InChI is InChI=1S/C23H32O16/c1-10-17(11(25)3-4-34-10)38-20-18(39-21-19(31)23(33,8-24)9-36-21)16(30)15(29)12(37-20)7-35-14(28)6-22(2,32)5-13(26)27/h3-4,12,15-16,18-21,24,29-33H,5-9H2,1-2H3,(H,26,27)/t12-,15-,16+,18-,19+,20+,21+,22?,23-/m1/s1. The molecule has 39 heavy (non-hydrogen) atoms. The van der Waals surface area contributed by atoms with E-state index in [1.807, 2.05) is 0 Å². The van der Waals surface area contributed by atoms with E-state index in [9.17, 15) is 45.0 Å². The number of aryl methyl sites for hydroxylation is 1. The number of aliphatic hydroxyl groups excluding tert-OH is 4. The van der Waals surface area contributed by atoms with Gasteiger partial charge in [0, 0.05) is 6.07 Å². The van der Waals surface area contributed by atoms with Crippen LogP contribution in [-0.4, -0.2) is 122 Å². The van der Waals surface area contributed by atoms with Crippen LogP contribution in [0.15, 0.2) is 21.5 Å². The van der Waals surface area contributed by atoms with Gasteiger partial charge in [-0.1, -0.05) is 0 Å². The van der Waals surface area contributed by atoms with Crippen molar-refractivity contribution < 1.29 is 73.4 Å². The number of hydrogen-bond donors (Lipinski definition) is 7. The normalized spacial score (nSPS) is 34.3. The molecule has 0 aliphatic carbocycles. The first-order valence-electron chi connectivity index (χ1n) is 11.8. The summed E-state index contributed by atoms with van der Waals surface area (Å²) in [4.78, 5) is 35.4. The number of carboxylic acid groups (broad SMARTS) is 1. The molecule has 1 aromatic heterocycles. The van der Waals surface area contributed by atoms with Crippen molar-refractivity contribution in [1.82, 2.24) is 0 Å². The van der Waals surface area contributed by atoms with Gasteiger partial charge < -0.3 is 63.8 Å². The van der Waals surface area contributed by atoms with Crippen LogP contribution in [0, 0.1) is 6.92 Å². The second-order valence-corrected chi connectivity index (χ2v) is 9.73. The van der Waals surface area contributed by atoms with E-state index in [4.69, 9.17) is 33.2 Å². The molecule has 1 unspecified atom stereocenters. The van der Waals surface area contributed by atoms with Crippen molar-refractivity contribution in [2.75, 3.05) is 19.8 Å². The van der Waals surface area contributed by atoms with E-state index in [2.05, 4.69) is 0 Å². The van der Waals surface area contributed by atoms with E-state index in [1.165, 1.54) is 6.92 Å². The van der Waals surface area contributed by atoms with Gasteiger partial charge in [0.05, 0.1) is 37.9 Å². The predicted molar refractivity (Wildman–Crippen MR) is 122 cm³/mol. The third-order valence-electron chi connectivity index (χ3n) is 6.22. The lowest BCUT2D eigenvalue weighted by Crippen LogP contribution is -2.62. The number of aliphatic carboxylic acids is 1. The average Bonchev–Trinajstić information content (AvgIpc) is 3.12. The first-order valence-corrected chi connectivity index (χ1v) is 11.8. The molecule has 220 valence electrons. The smallest absolute Gasteiger partial charge is 0.308 e. The highest BCUT2D eigenvalue weighted by molar-refractivity contribution is 5.73. The van der Waals surface area contributed by atoms with Crippen molar-refractivity contribution in [1.29, 1.82) is 0 Å². The number of esters is 1. The fraction of sp³-hybridized carbons (Fsp3) is 0.696. The Balaban J connectivity index is 1.78. The number of carbonyl (C=O) groups is 2. The van der Waals surface area contributed by atoms with Crippen LogP contribution < -0.4 is 10.2 Å². The van der Waals surface area contributed by atoms with Crippen molar-refractivity contribution in [2.24, 2.45) is 0 Å². The van der Waals surface area contributed by atoms with Gasteiger partial charge in [-0.2, -0.15) is 0 Å². The van der Waals surface area contributed by atoms with E-state index in [0.717, 1.165) is 19.3 Å². The van der Waals surface area contributed by atoms with Gasteiger partial charge in [-0.25, -0.2) is 0 Å². The predicted octanol–water partition coefficient (Wildman–Crippen LogP) is -3.24. The number of rotatable bonds is 11. The van der Waals surface area contributed by atoms with Gasteiger partial charge in [-0.3, -0.25) is 14.4 Å². The molecule has 2 fully saturated rings. The molecule has 16 nitrogen and oxygen atoms in total. The third kappa shape index (κ3) is 7.30. The molecule has 0 spiro atoms. The summed E-state index contributed by atoms with van der Waals surface area (Å²) in [5.41, 5.74) is -4.64. The van der Waals surface area contributed by atoms with Gasteiger partial charge in [0.25, 0.3) is 0 Å². The van der Waals surface area contributed by atoms with Gasteiger partial charge in [-0.15, -0.1) is 0 Å². The van der Waals surface area contributed by atoms with Crippen LogP contribution in [0.3, 0.4) is 0 Å². The molecule has 1 aromatic rings. The van der Waals surface area contributed by atoms with Gasteiger partial charge in [0.1, 0.15) is 42.4 Å². The molecule has 0 saturated carbocycles. The first kappa shape index (κ1) is 30.9.